The van der Waals surface area contributed by atoms with Gasteiger partial charge in [-0.25, -0.2) is 14.4 Å². The van der Waals surface area contributed by atoms with Crippen LogP contribution in [0.25, 0.3) is 0 Å². The zero-order chi connectivity index (χ0) is 18.9. The van der Waals surface area contributed by atoms with Gasteiger partial charge in [0.2, 0.25) is 0 Å². The first-order valence-corrected chi connectivity index (χ1v) is 8.52. The summed E-state index contributed by atoms with van der Waals surface area (Å²) in [5, 5.41) is 0.0998. The van der Waals surface area contributed by atoms with Crippen LogP contribution in [0.3, 0.4) is 0 Å². The maximum absolute atomic E-state index is 13.9. The molecule has 1 aliphatic rings. The number of benzene rings is 1. The molecule has 0 aliphatic carbocycles. The Morgan fingerprint density at radius 3 is 2.88 bits per heavy atom. The summed E-state index contributed by atoms with van der Waals surface area (Å²) in [7, 11) is 0. The first-order chi connectivity index (χ1) is 12.3. The molecule has 1 aliphatic heterocycles. The molecule has 1 aromatic heterocycles. The van der Waals surface area contributed by atoms with Crippen molar-refractivity contribution in [2.24, 2.45) is 0 Å². The average molecular weight is 380 g/mol. The van der Waals surface area contributed by atoms with E-state index in [2.05, 4.69) is 9.97 Å². The lowest BCUT2D eigenvalue weighted by atomic mass is 9.97. The highest BCUT2D eigenvalue weighted by atomic mass is 35.5. The van der Waals surface area contributed by atoms with Crippen molar-refractivity contribution in [1.82, 2.24) is 14.9 Å². The van der Waals surface area contributed by atoms with Crippen molar-refractivity contribution in [2.75, 3.05) is 13.2 Å². The van der Waals surface area contributed by atoms with Crippen molar-refractivity contribution >= 4 is 17.5 Å². The topological polar surface area (TPSA) is 64.5 Å². The maximum Gasteiger partial charge on any atom is 0.258 e. The van der Waals surface area contributed by atoms with Gasteiger partial charge in [0.15, 0.2) is 10.9 Å². The molecule has 2 heterocycles. The Bertz CT molecular complexity index is 831. The number of halogens is 2. The van der Waals surface area contributed by atoms with Crippen LogP contribution in [0.2, 0.25) is 5.15 Å². The zero-order valence-electron chi connectivity index (χ0n) is 14.7. The fourth-order valence-corrected chi connectivity index (χ4v) is 3.20. The highest BCUT2D eigenvalue weighted by Crippen LogP contribution is 2.33. The van der Waals surface area contributed by atoms with Crippen LogP contribution in [0.1, 0.15) is 31.1 Å². The van der Waals surface area contributed by atoms with Crippen LogP contribution in [0, 0.1) is 5.82 Å². The van der Waals surface area contributed by atoms with Crippen LogP contribution in [0.5, 0.6) is 11.5 Å². The second-order valence-electron chi connectivity index (χ2n) is 6.77. The van der Waals surface area contributed by atoms with Gasteiger partial charge in [0.05, 0.1) is 36.6 Å². The van der Waals surface area contributed by atoms with E-state index in [4.69, 9.17) is 21.1 Å². The first-order valence-electron chi connectivity index (χ1n) is 8.14. The third-order valence-electron chi connectivity index (χ3n) is 4.15. The molecule has 0 N–H and O–H groups in total. The van der Waals surface area contributed by atoms with Gasteiger partial charge in [-0.3, -0.25) is 4.79 Å². The van der Waals surface area contributed by atoms with Crippen molar-refractivity contribution in [3.63, 3.8) is 0 Å². The second-order valence-corrected chi connectivity index (χ2v) is 7.13. The number of aromatic nitrogens is 2. The highest BCUT2D eigenvalue weighted by molar-refractivity contribution is 6.30. The van der Waals surface area contributed by atoms with E-state index in [9.17, 15) is 9.18 Å². The smallest absolute Gasteiger partial charge is 0.258 e. The third-order valence-corrected chi connectivity index (χ3v) is 4.43. The van der Waals surface area contributed by atoms with Crippen molar-refractivity contribution in [3.05, 3.63) is 47.3 Å². The second kappa shape index (κ2) is 7.17. The number of ether oxygens (including phenoxy) is 2. The molecule has 1 amide bonds. The standard InChI is InChI=1S/C18H19ClFN3O3/c1-11-8-25-9-18(2,3)23(11)17(24)13-6-12(20)4-5-14(13)26-15-7-21-10-22-16(15)19/h4-7,10-11H,8-9H2,1-3H3/t11-/m1/s1. The van der Waals surface area contributed by atoms with Crippen LogP contribution < -0.4 is 4.74 Å². The molecule has 3 rings (SSSR count). The van der Waals surface area contributed by atoms with Crippen molar-refractivity contribution in [3.8, 4) is 11.5 Å². The van der Waals surface area contributed by atoms with Crippen LogP contribution in [0.4, 0.5) is 4.39 Å². The molecule has 8 heteroatoms. The monoisotopic (exact) mass is 379 g/mol. The van der Waals surface area contributed by atoms with Gasteiger partial charge in [-0.2, -0.15) is 0 Å². The normalized spacial score (nSPS) is 19.3. The molecule has 0 radical (unpaired) electrons. The molecule has 1 atom stereocenters. The predicted octanol–water partition coefficient (Wildman–Crippen LogP) is 3.70. The average Bonchev–Trinajstić information content (AvgIpc) is 2.57. The summed E-state index contributed by atoms with van der Waals surface area (Å²) in [5.41, 5.74) is -0.432. The van der Waals surface area contributed by atoms with Gasteiger partial charge in [0, 0.05) is 0 Å². The number of morpholine rings is 1. The fraction of sp³-hybridized carbons (Fsp3) is 0.389. The summed E-state index contributed by atoms with van der Waals surface area (Å²) in [4.78, 5) is 22.6. The molecule has 0 saturated carbocycles. The van der Waals surface area contributed by atoms with Gasteiger partial charge in [0.25, 0.3) is 5.91 Å². The van der Waals surface area contributed by atoms with Crippen molar-refractivity contribution in [2.45, 2.75) is 32.4 Å². The summed E-state index contributed by atoms with van der Waals surface area (Å²) in [6.45, 7) is 6.51. The van der Waals surface area contributed by atoms with Crippen LogP contribution in [0.15, 0.2) is 30.7 Å². The minimum absolute atomic E-state index is 0.0998. The quantitative estimate of drug-likeness (QED) is 0.761. The number of carbonyl (C=O) groups is 1. The van der Waals surface area contributed by atoms with E-state index in [0.29, 0.717) is 13.2 Å². The largest absolute Gasteiger partial charge is 0.452 e. The molecule has 26 heavy (non-hydrogen) atoms. The van der Waals surface area contributed by atoms with Gasteiger partial charge >= 0.3 is 0 Å². The Kier molecular flexibility index (Phi) is 5.11. The Balaban J connectivity index is 2.00. The molecule has 0 spiro atoms. The summed E-state index contributed by atoms with van der Waals surface area (Å²) >= 11 is 5.99. The van der Waals surface area contributed by atoms with E-state index < -0.39 is 11.4 Å². The maximum atomic E-state index is 13.9. The van der Waals surface area contributed by atoms with Gasteiger partial charge < -0.3 is 14.4 Å². The van der Waals surface area contributed by atoms with Crippen LogP contribution >= 0.6 is 11.6 Å². The fourth-order valence-electron chi connectivity index (χ4n) is 3.07. The summed E-state index contributed by atoms with van der Waals surface area (Å²) in [5.74, 6) is -0.505. The van der Waals surface area contributed by atoms with Gasteiger partial charge in [0.1, 0.15) is 17.9 Å². The number of nitrogens with zero attached hydrogens (tertiary/aromatic N) is 3. The molecular formula is C18H19ClFN3O3. The molecule has 1 fully saturated rings. The number of carbonyl (C=O) groups excluding carboxylic acids is 1. The Labute approximate surface area is 155 Å². The number of hydrogen-bond donors (Lipinski definition) is 0. The highest BCUT2D eigenvalue weighted by Gasteiger charge is 2.39. The molecule has 0 unspecified atom stereocenters. The molecular weight excluding hydrogens is 361 g/mol. The zero-order valence-corrected chi connectivity index (χ0v) is 15.5. The van der Waals surface area contributed by atoms with E-state index in [0.717, 1.165) is 6.07 Å². The molecule has 0 bridgehead atoms. The number of hydrogen-bond acceptors (Lipinski definition) is 5. The van der Waals surface area contributed by atoms with Gasteiger partial charge in [-0.15, -0.1) is 0 Å². The van der Waals surface area contributed by atoms with E-state index in [-0.39, 0.29) is 34.2 Å². The van der Waals surface area contributed by atoms with Crippen LogP contribution in [-0.2, 0) is 4.74 Å². The summed E-state index contributed by atoms with van der Waals surface area (Å²) < 4.78 is 25.1. The summed E-state index contributed by atoms with van der Waals surface area (Å²) in [6.07, 6.45) is 2.66. The van der Waals surface area contributed by atoms with E-state index in [1.807, 2.05) is 20.8 Å². The van der Waals surface area contributed by atoms with Crippen LogP contribution in [-0.4, -0.2) is 45.6 Å². The summed E-state index contributed by atoms with van der Waals surface area (Å²) in [6, 6.07) is 3.61. The van der Waals surface area contributed by atoms with Gasteiger partial charge in [-0.1, -0.05) is 11.6 Å². The molecule has 6 nitrogen and oxygen atoms in total. The van der Waals surface area contributed by atoms with Crippen molar-refractivity contribution in [1.29, 1.82) is 0 Å². The van der Waals surface area contributed by atoms with E-state index in [1.165, 1.54) is 24.7 Å². The predicted molar refractivity (Wildman–Crippen MR) is 94.0 cm³/mol. The Morgan fingerprint density at radius 1 is 1.42 bits per heavy atom. The SMILES string of the molecule is C[C@@H]1COCC(C)(C)N1C(=O)c1cc(F)ccc1Oc1cncnc1Cl. The number of amides is 1. The minimum Gasteiger partial charge on any atom is -0.452 e. The first kappa shape index (κ1) is 18.5. The van der Waals surface area contributed by atoms with E-state index in [1.54, 1.807) is 4.90 Å². The van der Waals surface area contributed by atoms with Gasteiger partial charge in [-0.05, 0) is 39.0 Å². The lowest BCUT2D eigenvalue weighted by Gasteiger charge is -2.46. The van der Waals surface area contributed by atoms with Crippen molar-refractivity contribution < 1.29 is 18.7 Å². The molecule has 1 aromatic carbocycles. The lowest BCUT2D eigenvalue weighted by Crippen LogP contribution is -2.59. The molecule has 1 saturated heterocycles. The number of rotatable bonds is 3. The third kappa shape index (κ3) is 3.64. The Morgan fingerprint density at radius 2 is 2.19 bits per heavy atom. The molecule has 138 valence electrons. The Hall–Kier alpha value is -2.25. The molecule has 2 aromatic rings. The van der Waals surface area contributed by atoms with E-state index >= 15 is 0 Å². The lowest BCUT2D eigenvalue weighted by molar-refractivity contribution is -0.0655. The minimum atomic E-state index is -0.536.